The van der Waals surface area contributed by atoms with Crippen molar-refractivity contribution < 1.29 is 9.18 Å². The molecule has 52 heavy (non-hydrogen) atoms. The Bertz CT molecular complexity index is 2160. The predicted molar refractivity (Wildman–Crippen MR) is 203 cm³/mol. The fourth-order valence-corrected chi connectivity index (χ4v) is 7.55. The second-order valence-electron chi connectivity index (χ2n) is 14.5. The molecule has 0 spiro atoms. The number of pyridine rings is 1. The highest BCUT2D eigenvalue weighted by molar-refractivity contribution is 6.32. The summed E-state index contributed by atoms with van der Waals surface area (Å²) in [5, 5.41) is 27.1. The van der Waals surface area contributed by atoms with Crippen LogP contribution in [0.4, 0.5) is 21.5 Å². The molecule has 2 aliphatic rings. The van der Waals surface area contributed by atoms with E-state index >= 15 is 0 Å². The number of fused-ring (bicyclic) bond motifs is 1. The van der Waals surface area contributed by atoms with Gasteiger partial charge in [0, 0.05) is 59.6 Å². The Morgan fingerprint density at radius 2 is 1.81 bits per heavy atom. The van der Waals surface area contributed by atoms with Crippen molar-refractivity contribution >= 4 is 57.1 Å². The highest BCUT2D eigenvalue weighted by Crippen LogP contribution is 2.38. The van der Waals surface area contributed by atoms with Crippen LogP contribution in [0.15, 0.2) is 67.0 Å². The molecule has 10 nitrogen and oxygen atoms in total. The quantitative estimate of drug-likeness (QED) is 0.162. The molecule has 2 fully saturated rings. The lowest BCUT2D eigenvalue weighted by atomic mass is 9.98. The van der Waals surface area contributed by atoms with Gasteiger partial charge >= 0.3 is 0 Å². The number of anilines is 3. The zero-order valence-electron chi connectivity index (χ0n) is 29.3. The molecule has 2 N–H and O–H groups in total. The summed E-state index contributed by atoms with van der Waals surface area (Å²) in [6.07, 6.45) is 7.39. The first-order valence-corrected chi connectivity index (χ1v) is 18.3. The number of nitrogens with one attached hydrogen (secondary N) is 2. The molecule has 2 aromatic heterocycles. The number of hydrogen-bond donors (Lipinski definition) is 2. The highest BCUT2D eigenvalue weighted by atomic mass is 35.5. The lowest BCUT2D eigenvalue weighted by molar-refractivity contribution is 0.0792. The summed E-state index contributed by atoms with van der Waals surface area (Å²) in [5.74, 6) is -0.547. The van der Waals surface area contributed by atoms with Gasteiger partial charge in [0.05, 0.1) is 45.8 Å². The van der Waals surface area contributed by atoms with Crippen molar-refractivity contribution in [2.45, 2.75) is 64.1 Å². The number of rotatable bonds is 8. The number of halogens is 3. The Kier molecular flexibility index (Phi) is 10.1. The van der Waals surface area contributed by atoms with Crippen LogP contribution in [-0.4, -0.2) is 67.4 Å². The standard InChI is InChI=1S/C39H40Cl2FN9O/c1-39(2,3)50-15-11-29(12-16-50)51-23-34(47-48-51)36(24-7-6-8-25(17-24)38(52)49-13-4-5-14-49)46-33-19-27(40)18-30-35(26(21-43)22-44-37(30)33)45-28-9-10-32(42)31(41)20-28/h6-10,17-20,22-23,29,36,46H,4-5,11-16H2,1-3H3,(H,44,45)/t36-/m0/s1. The third-order valence-corrected chi connectivity index (χ3v) is 10.5. The largest absolute Gasteiger partial charge is 0.371 e. The molecular formula is C39H40Cl2FN9O. The van der Waals surface area contributed by atoms with Crippen LogP contribution in [0.3, 0.4) is 0 Å². The van der Waals surface area contributed by atoms with E-state index in [1.165, 1.54) is 18.3 Å². The van der Waals surface area contributed by atoms with E-state index in [4.69, 9.17) is 33.3 Å². The second kappa shape index (κ2) is 14.7. The maximum Gasteiger partial charge on any atom is 0.253 e. The summed E-state index contributed by atoms with van der Waals surface area (Å²) < 4.78 is 15.9. The van der Waals surface area contributed by atoms with Crippen molar-refractivity contribution in [3.63, 3.8) is 0 Å². The van der Waals surface area contributed by atoms with Gasteiger partial charge in [-0.1, -0.05) is 40.5 Å². The van der Waals surface area contributed by atoms with E-state index in [1.54, 1.807) is 18.2 Å². The van der Waals surface area contributed by atoms with Gasteiger partial charge in [0.2, 0.25) is 0 Å². The fraction of sp³-hybridized carbons (Fsp3) is 0.359. The van der Waals surface area contributed by atoms with Crippen molar-refractivity contribution in [1.82, 2.24) is 29.8 Å². The molecular weight excluding hydrogens is 700 g/mol. The summed E-state index contributed by atoms with van der Waals surface area (Å²) >= 11 is 12.8. The van der Waals surface area contributed by atoms with Gasteiger partial charge in [-0.25, -0.2) is 9.07 Å². The van der Waals surface area contributed by atoms with Gasteiger partial charge in [0.1, 0.15) is 17.6 Å². The minimum absolute atomic E-state index is 0.00267. The average molecular weight is 741 g/mol. The zero-order valence-corrected chi connectivity index (χ0v) is 30.8. The first-order valence-electron chi connectivity index (χ1n) is 17.6. The number of amides is 1. The molecule has 5 aromatic rings. The second-order valence-corrected chi connectivity index (χ2v) is 15.3. The van der Waals surface area contributed by atoms with Gasteiger partial charge in [-0.15, -0.1) is 5.10 Å². The maximum absolute atomic E-state index is 14.0. The van der Waals surface area contributed by atoms with Crippen molar-refractivity contribution in [3.8, 4) is 6.07 Å². The number of benzene rings is 3. The topological polar surface area (TPSA) is 115 Å². The smallest absolute Gasteiger partial charge is 0.253 e. The van der Waals surface area contributed by atoms with Gasteiger partial charge in [0.25, 0.3) is 5.91 Å². The summed E-state index contributed by atoms with van der Waals surface area (Å²) in [5.41, 5.74) is 4.53. The van der Waals surface area contributed by atoms with Crippen molar-refractivity contribution in [2.75, 3.05) is 36.8 Å². The van der Waals surface area contributed by atoms with Gasteiger partial charge in [-0.3, -0.25) is 14.7 Å². The van der Waals surface area contributed by atoms with E-state index in [9.17, 15) is 14.4 Å². The average Bonchev–Trinajstić information content (AvgIpc) is 3.86. The molecule has 7 rings (SSSR count). The Balaban J connectivity index is 1.28. The first kappa shape index (κ1) is 35.6. The Morgan fingerprint density at radius 1 is 1.04 bits per heavy atom. The Labute approximate surface area is 312 Å². The van der Waals surface area contributed by atoms with E-state index < -0.39 is 11.9 Å². The maximum atomic E-state index is 14.0. The molecule has 1 atom stereocenters. The van der Waals surface area contributed by atoms with E-state index in [-0.39, 0.29) is 28.1 Å². The van der Waals surface area contributed by atoms with E-state index in [2.05, 4.69) is 47.6 Å². The molecule has 0 aliphatic carbocycles. The Morgan fingerprint density at radius 3 is 2.52 bits per heavy atom. The van der Waals surface area contributed by atoms with Crippen LogP contribution < -0.4 is 10.6 Å². The summed E-state index contributed by atoms with van der Waals surface area (Å²) in [6, 6.07) is 17.2. The molecule has 1 amide bonds. The van der Waals surface area contributed by atoms with Crippen molar-refractivity contribution in [1.29, 1.82) is 5.26 Å². The summed E-state index contributed by atoms with van der Waals surface area (Å²) in [6.45, 7) is 10.2. The predicted octanol–water partition coefficient (Wildman–Crippen LogP) is 8.76. The van der Waals surface area contributed by atoms with Crippen LogP contribution >= 0.6 is 23.2 Å². The number of aromatic nitrogens is 4. The van der Waals surface area contributed by atoms with Gasteiger partial charge in [0.15, 0.2) is 0 Å². The van der Waals surface area contributed by atoms with Crippen LogP contribution in [-0.2, 0) is 0 Å². The molecule has 4 heterocycles. The monoisotopic (exact) mass is 739 g/mol. The SMILES string of the molecule is CC(C)(C)N1CCC(n2cc([C@@H](Nc3cc(Cl)cc4c(Nc5ccc(F)c(Cl)c5)c(C#N)cnc34)c3cccc(C(=O)N4CCCC4)c3)nn2)CC1. The van der Waals surface area contributed by atoms with E-state index in [1.807, 2.05) is 40.0 Å². The third-order valence-electron chi connectivity index (χ3n) is 10.0. The van der Waals surface area contributed by atoms with Gasteiger partial charge in [-0.2, -0.15) is 5.26 Å². The minimum atomic E-state index is -0.550. The minimum Gasteiger partial charge on any atom is -0.371 e. The molecule has 0 bridgehead atoms. The number of carbonyl (C=O) groups is 1. The molecule has 0 radical (unpaired) electrons. The molecule has 3 aromatic carbocycles. The van der Waals surface area contributed by atoms with Crippen LogP contribution in [0.1, 0.15) is 85.7 Å². The number of piperidine rings is 1. The zero-order chi connectivity index (χ0) is 36.6. The number of nitrogens with zero attached hydrogens (tertiary/aromatic N) is 7. The van der Waals surface area contributed by atoms with Gasteiger partial charge in [-0.05, 0) is 94.5 Å². The van der Waals surface area contributed by atoms with Crippen molar-refractivity contribution in [3.05, 3.63) is 105 Å². The normalized spacial score (nSPS) is 16.2. The number of nitriles is 1. The van der Waals surface area contributed by atoms with Crippen LogP contribution in [0.2, 0.25) is 10.0 Å². The number of hydrogen-bond acceptors (Lipinski definition) is 8. The number of carbonyl (C=O) groups excluding carboxylic acids is 1. The molecule has 2 aliphatic heterocycles. The van der Waals surface area contributed by atoms with Gasteiger partial charge < -0.3 is 15.5 Å². The van der Waals surface area contributed by atoms with Crippen molar-refractivity contribution in [2.24, 2.45) is 0 Å². The third kappa shape index (κ3) is 7.42. The molecule has 2 saturated heterocycles. The molecule has 268 valence electrons. The summed E-state index contributed by atoms with van der Waals surface area (Å²) in [7, 11) is 0. The first-order chi connectivity index (χ1) is 25.0. The molecule has 0 saturated carbocycles. The van der Waals surface area contributed by atoms with E-state index in [0.29, 0.717) is 44.2 Å². The lowest BCUT2D eigenvalue weighted by Gasteiger charge is -2.40. The van der Waals surface area contributed by atoms with Crippen LogP contribution in [0, 0.1) is 17.1 Å². The molecule has 0 unspecified atom stereocenters. The highest BCUT2D eigenvalue weighted by Gasteiger charge is 2.30. The van der Waals surface area contributed by atoms with Crippen LogP contribution in [0.25, 0.3) is 10.9 Å². The Hall–Kier alpha value is -4.76. The summed E-state index contributed by atoms with van der Waals surface area (Å²) in [4.78, 5) is 22.6. The van der Waals surface area contributed by atoms with E-state index in [0.717, 1.165) is 57.4 Å². The fourth-order valence-electron chi connectivity index (χ4n) is 7.16. The molecule has 13 heteroatoms. The lowest BCUT2D eigenvalue weighted by Crippen LogP contribution is -2.46. The van der Waals surface area contributed by atoms with Crippen LogP contribution in [0.5, 0.6) is 0 Å². The number of likely N-dealkylation sites (tertiary alicyclic amines) is 2.